The van der Waals surface area contributed by atoms with Crippen molar-refractivity contribution in [1.29, 1.82) is 0 Å². The van der Waals surface area contributed by atoms with Crippen molar-refractivity contribution in [3.63, 3.8) is 0 Å². The minimum Gasteiger partial charge on any atom is -0.462 e. The molecule has 3 rings (SSSR count). The lowest BCUT2D eigenvalue weighted by molar-refractivity contribution is -0.156. The van der Waals surface area contributed by atoms with Crippen LogP contribution in [0.15, 0.2) is 30.8 Å². The number of hydrogen-bond acceptors (Lipinski definition) is 3. The van der Waals surface area contributed by atoms with Crippen LogP contribution in [0.2, 0.25) is 0 Å². The number of para-hydroxylation sites is 1. The topological polar surface area (TPSA) is 62.4 Å². The summed E-state index contributed by atoms with van der Waals surface area (Å²) in [6.45, 7) is 4.37. The van der Waals surface area contributed by atoms with E-state index >= 15 is 0 Å². The van der Waals surface area contributed by atoms with Crippen LogP contribution >= 0.6 is 0 Å². The number of rotatable bonds is 0. The van der Waals surface area contributed by atoms with Gasteiger partial charge in [-0.15, -0.1) is 0 Å². The molecule has 1 N–H and O–H groups in total. The summed E-state index contributed by atoms with van der Waals surface area (Å²) in [5, 5.41) is 1.13. The number of benzene rings is 1. The molecule has 1 aliphatic heterocycles. The average Bonchev–Trinajstić information content (AvgIpc) is 2.86. The number of amides is 1. The van der Waals surface area contributed by atoms with Crippen molar-refractivity contribution < 1.29 is 14.3 Å². The molecule has 0 atom stereocenters. The fraction of sp³-hybridized carbons (Fsp3) is 0.200. The highest BCUT2D eigenvalue weighted by molar-refractivity contribution is 6.33. The van der Waals surface area contributed by atoms with E-state index in [-0.39, 0.29) is 0 Å². The Morgan fingerprint density at radius 1 is 1.35 bits per heavy atom. The molecule has 0 saturated heterocycles. The van der Waals surface area contributed by atoms with Crippen molar-refractivity contribution in [1.82, 2.24) is 9.88 Å². The number of aromatic nitrogens is 1. The van der Waals surface area contributed by atoms with E-state index in [1.165, 1.54) is 12.0 Å². The second kappa shape index (κ2) is 4.52. The van der Waals surface area contributed by atoms with Gasteiger partial charge in [0.25, 0.3) is 0 Å². The second-order valence-corrected chi connectivity index (χ2v) is 4.67. The van der Waals surface area contributed by atoms with E-state index in [2.05, 4.69) is 16.3 Å². The maximum Gasteiger partial charge on any atom is 0.397 e. The summed E-state index contributed by atoms with van der Waals surface area (Å²) < 4.78 is 4.48. The van der Waals surface area contributed by atoms with Gasteiger partial charge in [0.05, 0.1) is 18.5 Å². The maximum absolute atomic E-state index is 11.9. The molecule has 1 aromatic carbocycles. The van der Waals surface area contributed by atoms with Crippen LogP contribution < -0.4 is 0 Å². The predicted octanol–water partition coefficient (Wildman–Crippen LogP) is 1.70. The number of ether oxygens (including phenoxy) is 1. The first kappa shape index (κ1) is 12.5. The Hall–Kier alpha value is -2.56. The number of carbonyl (C=O) groups excluding carboxylic acids is 2. The van der Waals surface area contributed by atoms with Crippen LogP contribution in [0.25, 0.3) is 16.6 Å². The smallest absolute Gasteiger partial charge is 0.397 e. The molecule has 20 heavy (non-hydrogen) atoms. The Labute approximate surface area is 115 Å². The lowest BCUT2D eigenvalue weighted by Crippen LogP contribution is -2.39. The van der Waals surface area contributed by atoms with Crippen molar-refractivity contribution >= 4 is 28.5 Å². The van der Waals surface area contributed by atoms with Gasteiger partial charge in [0.1, 0.15) is 0 Å². The molecule has 2 aromatic rings. The van der Waals surface area contributed by atoms with Crippen LogP contribution in [0, 0.1) is 0 Å². The van der Waals surface area contributed by atoms with Crippen molar-refractivity contribution in [2.24, 2.45) is 0 Å². The first-order valence-electron chi connectivity index (χ1n) is 6.32. The summed E-state index contributed by atoms with van der Waals surface area (Å²) in [5.41, 5.74) is 3.47. The summed E-state index contributed by atoms with van der Waals surface area (Å²) in [6, 6.07) is 7.94. The Balaban J connectivity index is 2.03. The highest BCUT2D eigenvalue weighted by atomic mass is 16.5. The van der Waals surface area contributed by atoms with Gasteiger partial charge in [0.15, 0.2) is 0 Å². The third kappa shape index (κ3) is 1.71. The first-order valence-corrected chi connectivity index (χ1v) is 6.32. The Kier molecular flexibility index (Phi) is 2.82. The standard InChI is InChI=1S/C15H14N2O3/c1-9-13-11(10-5-3-4-6-12(10)16-13)7-8-17(9)14(18)15(19)20-2/h3-6,16H,1,7-8H2,2H3. The van der Waals surface area contributed by atoms with Crippen LogP contribution in [0.3, 0.4) is 0 Å². The third-order valence-corrected chi connectivity index (χ3v) is 3.62. The maximum atomic E-state index is 11.9. The molecule has 0 bridgehead atoms. The molecule has 0 spiro atoms. The van der Waals surface area contributed by atoms with Gasteiger partial charge in [-0.2, -0.15) is 0 Å². The highest BCUT2D eigenvalue weighted by Gasteiger charge is 2.31. The van der Waals surface area contributed by atoms with Crippen LogP contribution in [0.5, 0.6) is 0 Å². The lowest BCUT2D eigenvalue weighted by Gasteiger charge is -2.28. The monoisotopic (exact) mass is 270 g/mol. The molecule has 0 saturated carbocycles. The summed E-state index contributed by atoms with van der Waals surface area (Å²) >= 11 is 0. The lowest BCUT2D eigenvalue weighted by atomic mass is 10.0. The molecule has 102 valence electrons. The van der Waals surface area contributed by atoms with Crippen molar-refractivity contribution in [3.8, 4) is 0 Å². The number of nitrogens with one attached hydrogen (secondary N) is 1. The van der Waals surface area contributed by atoms with Gasteiger partial charge in [0.2, 0.25) is 0 Å². The molecule has 2 heterocycles. The molecular formula is C15H14N2O3. The highest BCUT2D eigenvalue weighted by Crippen LogP contribution is 2.32. The molecular weight excluding hydrogens is 256 g/mol. The summed E-state index contributed by atoms with van der Waals surface area (Å²) in [6.07, 6.45) is 0.682. The molecule has 0 fully saturated rings. The molecule has 0 aliphatic carbocycles. The molecule has 5 nitrogen and oxygen atoms in total. The molecule has 5 heteroatoms. The molecule has 0 radical (unpaired) electrons. The number of H-pyrrole nitrogens is 1. The fourth-order valence-corrected chi connectivity index (χ4v) is 2.62. The van der Waals surface area contributed by atoms with Crippen molar-refractivity contribution in [2.75, 3.05) is 13.7 Å². The van der Waals surface area contributed by atoms with Crippen LogP contribution in [0.4, 0.5) is 0 Å². The number of esters is 1. The van der Waals surface area contributed by atoms with E-state index < -0.39 is 11.9 Å². The first-order chi connectivity index (χ1) is 9.63. The van der Waals surface area contributed by atoms with Gasteiger partial charge in [-0.25, -0.2) is 4.79 Å². The zero-order valence-corrected chi connectivity index (χ0v) is 11.1. The largest absolute Gasteiger partial charge is 0.462 e. The van der Waals surface area contributed by atoms with Crippen LogP contribution in [-0.4, -0.2) is 35.4 Å². The van der Waals surface area contributed by atoms with Crippen molar-refractivity contribution in [3.05, 3.63) is 42.1 Å². The Bertz CT molecular complexity index is 730. The van der Waals surface area contributed by atoms with Crippen LogP contribution in [0.1, 0.15) is 11.3 Å². The van der Waals surface area contributed by atoms with Gasteiger partial charge in [-0.1, -0.05) is 24.8 Å². The average molecular weight is 270 g/mol. The Morgan fingerprint density at radius 3 is 2.85 bits per heavy atom. The van der Waals surface area contributed by atoms with Crippen molar-refractivity contribution in [2.45, 2.75) is 6.42 Å². The van der Waals surface area contributed by atoms with Gasteiger partial charge in [-0.05, 0) is 18.1 Å². The molecule has 0 unspecified atom stereocenters. The van der Waals surface area contributed by atoms with E-state index in [0.717, 1.165) is 22.2 Å². The second-order valence-electron chi connectivity index (χ2n) is 4.67. The minimum atomic E-state index is -0.870. The predicted molar refractivity (Wildman–Crippen MR) is 74.8 cm³/mol. The van der Waals surface area contributed by atoms with E-state index in [4.69, 9.17) is 0 Å². The zero-order valence-electron chi connectivity index (χ0n) is 11.1. The van der Waals surface area contributed by atoms with E-state index in [9.17, 15) is 9.59 Å². The zero-order chi connectivity index (χ0) is 14.3. The summed E-state index contributed by atoms with van der Waals surface area (Å²) in [4.78, 5) is 27.9. The van der Waals surface area contributed by atoms with E-state index in [1.54, 1.807) is 0 Å². The number of methoxy groups -OCH3 is 1. The van der Waals surface area contributed by atoms with Gasteiger partial charge >= 0.3 is 11.9 Å². The number of fused-ring (bicyclic) bond motifs is 3. The molecule has 1 aliphatic rings. The van der Waals surface area contributed by atoms with E-state index in [1.807, 2.05) is 24.3 Å². The van der Waals surface area contributed by atoms with Gasteiger partial charge < -0.3 is 14.6 Å². The SMILES string of the molecule is C=C1c2[nH]c3ccccc3c2CCN1C(=O)C(=O)OC. The van der Waals surface area contributed by atoms with Gasteiger partial charge in [-0.3, -0.25) is 4.79 Å². The molecule has 1 aromatic heterocycles. The Morgan fingerprint density at radius 2 is 2.10 bits per heavy atom. The van der Waals surface area contributed by atoms with E-state index in [0.29, 0.717) is 18.7 Å². The minimum absolute atomic E-state index is 0.432. The number of aromatic amines is 1. The third-order valence-electron chi connectivity index (χ3n) is 3.62. The van der Waals surface area contributed by atoms with Crippen LogP contribution in [-0.2, 0) is 20.7 Å². The summed E-state index contributed by atoms with van der Waals surface area (Å²) in [5.74, 6) is -1.55. The number of carbonyl (C=O) groups is 2. The molecule has 1 amide bonds. The normalized spacial score (nSPS) is 14.2. The van der Waals surface area contributed by atoms with Gasteiger partial charge in [0, 0.05) is 17.4 Å². The number of nitrogens with zero attached hydrogens (tertiary/aromatic N) is 1. The fourth-order valence-electron chi connectivity index (χ4n) is 2.62. The quantitative estimate of drug-likeness (QED) is 0.585. The number of hydrogen-bond donors (Lipinski definition) is 1. The summed E-state index contributed by atoms with van der Waals surface area (Å²) in [7, 11) is 1.20.